The Kier molecular flexibility index (Phi) is 4.97. The molecule has 1 heterocycles. The Morgan fingerprint density at radius 1 is 1.32 bits per heavy atom. The van der Waals surface area contributed by atoms with Crippen molar-refractivity contribution in [2.45, 2.75) is 44.7 Å². The van der Waals surface area contributed by atoms with Gasteiger partial charge < -0.3 is 15.7 Å². The average Bonchev–Trinajstić information content (AvgIpc) is 3.35. The number of urea groups is 1. The zero-order chi connectivity index (χ0) is 19.8. The van der Waals surface area contributed by atoms with Crippen molar-refractivity contribution >= 4 is 28.6 Å². The predicted octanol–water partition coefficient (Wildman–Crippen LogP) is 2.33. The first-order valence-corrected chi connectivity index (χ1v) is 9.85. The number of anilines is 1. The van der Waals surface area contributed by atoms with Gasteiger partial charge in [0.15, 0.2) is 0 Å². The fourth-order valence-electron chi connectivity index (χ4n) is 3.91. The molecule has 28 heavy (non-hydrogen) atoms. The molecule has 2 fully saturated rings. The molecule has 2 saturated carbocycles. The lowest BCUT2D eigenvalue weighted by Gasteiger charge is -2.42. The number of aromatic nitrogens is 2. The van der Waals surface area contributed by atoms with Gasteiger partial charge in [-0.05, 0) is 56.7 Å². The Bertz CT molecular complexity index is 899. The van der Waals surface area contributed by atoms with Crippen molar-refractivity contribution < 1.29 is 14.7 Å². The van der Waals surface area contributed by atoms with Crippen LogP contribution in [0.2, 0.25) is 0 Å². The van der Waals surface area contributed by atoms with Crippen LogP contribution in [0.5, 0.6) is 0 Å². The van der Waals surface area contributed by atoms with Crippen molar-refractivity contribution in [2.75, 3.05) is 18.4 Å². The van der Waals surface area contributed by atoms with Crippen LogP contribution in [0.25, 0.3) is 10.9 Å². The van der Waals surface area contributed by atoms with Crippen LogP contribution in [0.1, 0.15) is 31.4 Å². The molecule has 0 spiro atoms. The van der Waals surface area contributed by atoms with Crippen LogP contribution < -0.4 is 10.6 Å². The summed E-state index contributed by atoms with van der Waals surface area (Å²) in [4.78, 5) is 25.5. The molecule has 2 aromatic rings. The van der Waals surface area contributed by atoms with Gasteiger partial charge in [-0.15, -0.1) is 0 Å². The van der Waals surface area contributed by atoms with Crippen LogP contribution in [-0.4, -0.2) is 57.0 Å². The quantitative estimate of drug-likeness (QED) is 0.679. The van der Waals surface area contributed by atoms with Crippen LogP contribution >= 0.6 is 0 Å². The number of carbonyl (C=O) groups excluding carboxylic acids is 1. The van der Waals surface area contributed by atoms with E-state index >= 15 is 0 Å². The molecular weight excluding hydrogens is 358 g/mol. The molecule has 2 aliphatic rings. The Labute approximate surface area is 163 Å². The minimum atomic E-state index is -0.782. The third-order valence-electron chi connectivity index (χ3n) is 5.88. The van der Waals surface area contributed by atoms with Gasteiger partial charge in [0.25, 0.3) is 0 Å². The van der Waals surface area contributed by atoms with Gasteiger partial charge >= 0.3 is 12.0 Å². The molecule has 0 aliphatic heterocycles. The van der Waals surface area contributed by atoms with E-state index in [0.717, 1.165) is 36.0 Å². The molecule has 3 N–H and O–H groups in total. The van der Waals surface area contributed by atoms with E-state index in [-0.39, 0.29) is 24.7 Å². The van der Waals surface area contributed by atoms with E-state index in [1.165, 1.54) is 12.8 Å². The lowest BCUT2D eigenvalue weighted by atomic mass is 9.85. The number of aryl methyl sites for hydroxylation is 2. The van der Waals surface area contributed by atoms with E-state index in [1.54, 1.807) is 0 Å². The number of nitrogens with one attached hydrogen (secondary N) is 2. The number of benzene rings is 1. The highest BCUT2D eigenvalue weighted by molar-refractivity contribution is 5.93. The van der Waals surface area contributed by atoms with E-state index in [4.69, 9.17) is 5.11 Å². The second kappa shape index (κ2) is 7.43. The highest BCUT2D eigenvalue weighted by atomic mass is 16.4. The van der Waals surface area contributed by atoms with Crippen LogP contribution in [0.15, 0.2) is 18.2 Å². The summed E-state index contributed by atoms with van der Waals surface area (Å²) in [7, 11) is 1.90. The summed E-state index contributed by atoms with van der Waals surface area (Å²) in [6.45, 7) is 2.96. The Hall–Kier alpha value is -2.61. The zero-order valence-corrected chi connectivity index (χ0v) is 16.3. The highest BCUT2D eigenvalue weighted by Crippen LogP contribution is 2.33. The van der Waals surface area contributed by atoms with Crippen molar-refractivity contribution in [3.63, 3.8) is 0 Å². The maximum atomic E-state index is 12.3. The number of amides is 2. The maximum absolute atomic E-state index is 12.3. The number of carboxylic acid groups (broad SMARTS) is 1. The van der Waals surface area contributed by atoms with E-state index in [0.29, 0.717) is 11.6 Å². The molecule has 2 amide bonds. The standard InChI is InChI=1S/C20H27N5O3/c1-12-17-6-5-14(9-18(17)23-24(12)2)21-20(28)22-15-7-16(8-15)25(11-19(26)27)10-13-3-4-13/h5-6,9,13,15-16H,3-4,7-8,10-11H2,1-2H3,(H,26,27)(H2,21,22,28). The molecule has 0 saturated heterocycles. The topological polar surface area (TPSA) is 99.5 Å². The first-order valence-electron chi connectivity index (χ1n) is 9.85. The second-order valence-corrected chi connectivity index (χ2v) is 8.13. The first-order chi connectivity index (χ1) is 13.4. The summed E-state index contributed by atoms with van der Waals surface area (Å²) in [6.07, 6.45) is 4.00. The molecule has 0 radical (unpaired) electrons. The van der Waals surface area contributed by atoms with Crippen molar-refractivity contribution in [3.05, 3.63) is 23.9 Å². The molecular formula is C20H27N5O3. The molecule has 2 aliphatic carbocycles. The third kappa shape index (κ3) is 4.11. The van der Waals surface area contributed by atoms with Gasteiger partial charge in [-0.1, -0.05) is 0 Å². The van der Waals surface area contributed by atoms with Crippen LogP contribution in [-0.2, 0) is 11.8 Å². The molecule has 4 rings (SSSR count). The molecule has 0 bridgehead atoms. The number of hydrogen-bond donors (Lipinski definition) is 3. The molecule has 0 unspecified atom stereocenters. The number of fused-ring (bicyclic) bond motifs is 1. The van der Waals surface area contributed by atoms with Crippen molar-refractivity contribution in [2.24, 2.45) is 13.0 Å². The zero-order valence-electron chi connectivity index (χ0n) is 16.3. The Morgan fingerprint density at radius 3 is 2.75 bits per heavy atom. The number of rotatable bonds is 7. The molecule has 8 heteroatoms. The second-order valence-electron chi connectivity index (χ2n) is 8.13. The number of carboxylic acids is 1. The summed E-state index contributed by atoms with van der Waals surface area (Å²) in [5.41, 5.74) is 2.65. The van der Waals surface area contributed by atoms with Gasteiger partial charge in [0.05, 0.1) is 12.1 Å². The predicted molar refractivity (Wildman–Crippen MR) is 106 cm³/mol. The minimum Gasteiger partial charge on any atom is -0.480 e. The number of hydrogen-bond acceptors (Lipinski definition) is 4. The third-order valence-corrected chi connectivity index (χ3v) is 5.88. The Morgan fingerprint density at radius 2 is 2.07 bits per heavy atom. The number of carbonyl (C=O) groups is 2. The molecule has 150 valence electrons. The highest BCUT2D eigenvalue weighted by Gasteiger charge is 2.37. The molecule has 1 aromatic heterocycles. The minimum absolute atomic E-state index is 0.0846. The number of nitrogens with zero attached hydrogens (tertiary/aromatic N) is 3. The molecule has 0 atom stereocenters. The van der Waals surface area contributed by atoms with E-state index in [1.807, 2.05) is 36.9 Å². The number of aliphatic carboxylic acids is 1. The maximum Gasteiger partial charge on any atom is 0.319 e. The first kappa shape index (κ1) is 18.7. The fourth-order valence-corrected chi connectivity index (χ4v) is 3.91. The van der Waals surface area contributed by atoms with E-state index in [9.17, 15) is 9.59 Å². The normalized spacial score (nSPS) is 21.5. The van der Waals surface area contributed by atoms with Gasteiger partial charge in [-0.2, -0.15) is 5.10 Å². The fraction of sp³-hybridized carbons (Fsp3) is 0.550. The van der Waals surface area contributed by atoms with E-state index in [2.05, 4.69) is 20.6 Å². The molecule has 1 aromatic carbocycles. The van der Waals surface area contributed by atoms with Crippen molar-refractivity contribution in [1.82, 2.24) is 20.0 Å². The van der Waals surface area contributed by atoms with Crippen LogP contribution in [0.3, 0.4) is 0 Å². The largest absolute Gasteiger partial charge is 0.480 e. The van der Waals surface area contributed by atoms with Gasteiger partial charge in [0.2, 0.25) is 0 Å². The summed E-state index contributed by atoms with van der Waals surface area (Å²) in [6, 6.07) is 5.81. The van der Waals surface area contributed by atoms with Crippen LogP contribution in [0, 0.1) is 12.8 Å². The lowest BCUT2D eigenvalue weighted by molar-refractivity contribution is -0.139. The van der Waals surface area contributed by atoms with Crippen LogP contribution in [0.4, 0.5) is 10.5 Å². The van der Waals surface area contributed by atoms with Gasteiger partial charge in [-0.25, -0.2) is 4.79 Å². The van der Waals surface area contributed by atoms with Gasteiger partial charge in [-0.3, -0.25) is 14.4 Å². The summed E-state index contributed by atoms with van der Waals surface area (Å²) < 4.78 is 1.83. The summed E-state index contributed by atoms with van der Waals surface area (Å²) in [5, 5.41) is 20.5. The smallest absolute Gasteiger partial charge is 0.319 e. The van der Waals surface area contributed by atoms with Crippen molar-refractivity contribution in [1.29, 1.82) is 0 Å². The monoisotopic (exact) mass is 385 g/mol. The average molecular weight is 385 g/mol. The summed E-state index contributed by atoms with van der Waals surface area (Å²) in [5.74, 6) is -0.130. The van der Waals surface area contributed by atoms with Gasteiger partial charge in [0.1, 0.15) is 0 Å². The summed E-state index contributed by atoms with van der Waals surface area (Å²) >= 11 is 0. The molecule has 8 nitrogen and oxygen atoms in total. The van der Waals surface area contributed by atoms with Crippen molar-refractivity contribution in [3.8, 4) is 0 Å². The van der Waals surface area contributed by atoms with Gasteiger partial charge in [0, 0.05) is 42.4 Å². The Balaban J connectivity index is 1.28. The lowest BCUT2D eigenvalue weighted by Crippen LogP contribution is -2.55. The SMILES string of the molecule is Cc1c2ccc(NC(=O)NC3CC(N(CC(=O)O)CC4CC4)C3)cc2nn1C. The van der Waals surface area contributed by atoms with E-state index < -0.39 is 5.97 Å².